The number of ether oxygens (including phenoxy) is 3. The highest BCUT2D eigenvalue weighted by Crippen LogP contribution is 2.48. The van der Waals surface area contributed by atoms with Crippen LogP contribution in [0.4, 0.5) is 10.1 Å². The van der Waals surface area contributed by atoms with Gasteiger partial charge >= 0.3 is 5.97 Å². The lowest BCUT2D eigenvalue weighted by molar-refractivity contribution is -0.143. The minimum atomic E-state index is -0.909. The Balaban J connectivity index is 1.77. The maximum atomic E-state index is 14.5. The van der Waals surface area contributed by atoms with Crippen LogP contribution in [-0.2, 0) is 9.59 Å². The lowest BCUT2D eigenvalue weighted by Gasteiger charge is -2.36. The maximum Gasteiger partial charge on any atom is 0.308 e. The van der Waals surface area contributed by atoms with Crippen LogP contribution in [0.5, 0.6) is 17.2 Å². The molecule has 246 valence electrons. The van der Waals surface area contributed by atoms with Gasteiger partial charge in [-0.05, 0) is 80.0 Å². The predicted octanol–water partition coefficient (Wildman–Crippen LogP) is 7.33. The molecule has 0 spiro atoms. The van der Waals surface area contributed by atoms with Crippen LogP contribution < -0.4 is 19.1 Å². The summed E-state index contributed by atoms with van der Waals surface area (Å²) in [4.78, 5) is 31.5. The maximum absolute atomic E-state index is 14.5. The summed E-state index contributed by atoms with van der Waals surface area (Å²) in [5.74, 6) is -1.02. The van der Waals surface area contributed by atoms with Crippen molar-refractivity contribution in [3.8, 4) is 17.2 Å². The third-order valence-corrected chi connectivity index (χ3v) is 9.13. The number of likely N-dealkylation sites (tertiary alicyclic amines) is 1. The van der Waals surface area contributed by atoms with Gasteiger partial charge in [-0.2, -0.15) is 0 Å². The van der Waals surface area contributed by atoms with Crippen molar-refractivity contribution in [1.82, 2.24) is 4.90 Å². The van der Waals surface area contributed by atoms with E-state index in [4.69, 9.17) is 14.2 Å². The highest BCUT2D eigenvalue weighted by molar-refractivity contribution is 5.95. The van der Waals surface area contributed by atoms with Crippen molar-refractivity contribution in [2.45, 2.75) is 91.6 Å². The molecule has 45 heavy (non-hydrogen) atoms. The number of aliphatic carboxylic acids is 1. The van der Waals surface area contributed by atoms with Crippen LogP contribution in [0.2, 0.25) is 0 Å². The number of rotatable bonds is 14. The topological polar surface area (TPSA) is 88.5 Å². The lowest BCUT2D eigenvalue weighted by atomic mass is 9.77. The molecule has 0 bridgehead atoms. The molecule has 0 aromatic heterocycles. The minimum absolute atomic E-state index is 0.0406. The third kappa shape index (κ3) is 7.63. The SMILES string of the molecule is CC=CC(C)(C)C[C@H]1[C@H](C(=O)O)[C@@H](c2cc(OC)c3c(c2)OCO3)CN1CC(=O)N(c1ccc(F)c(C)c1)C(CCC)CCC. The van der Waals surface area contributed by atoms with E-state index >= 15 is 0 Å². The zero-order valence-electron chi connectivity index (χ0n) is 27.8. The number of carboxylic acids is 1. The molecule has 1 N–H and O–H groups in total. The van der Waals surface area contributed by atoms with Crippen molar-refractivity contribution in [2.24, 2.45) is 11.3 Å². The predicted molar refractivity (Wildman–Crippen MR) is 174 cm³/mol. The summed E-state index contributed by atoms with van der Waals surface area (Å²) in [6.45, 7) is 12.5. The molecule has 2 aliphatic heterocycles. The van der Waals surface area contributed by atoms with Crippen molar-refractivity contribution in [1.29, 1.82) is 0 Å². The van der Waals surface area contributed by atoms with Gasteiger partial charge in [0.25, 0.3) is 0 Å². The standard InChI is InChI=1S/C36H49FN2O6/c1-8-11-25(12-9-2)39(26-13-14-28(37)23(4)16-26)32(40)21-38-20-27(24-17-30(43-7)34-31(18-24)44-22-45-34)33(35(41)42)29(38)19-36(5,6)15-10-3/h10,13-18,25,27,29,33H,8-9,11-12,19-22H2,1-7H3,(H,41,42)/t27-,29+,33-/m1/s1. The van der Waals surface area contributed by atoms with E-state index in [2.05, 4.69) is 33.8 Å². The van der Waals surface area contributed by atoms with E-state index in [-0.39, 0.29) is 36.5 Å². The van der Waals surface area contributed by atoms with Crippen LogP contribution in [0.15, 0.2) is 42.5 Å². The first-order valence-corrected chi connectivity index (χ1v) is 16.1. The van der Waals surface area contributed by atoms with Crippen LogP contribution in [0.25, 0.3) is 0 Å². The van der Waals surface area contributed by atoms with Gasteiger partial charge in [0.1, 0.15) is 5.82 Å². The largest absolute Gasteiger partial charge is 0.493 e. The summed E-state index contributed by atoms with van der Waals surface area (Å²) in [6, 6.07) is 8.04. The first-order chi connectivity index (χ1) is 21.4. The molecule has 0 radical (unpaired) electrons. The van der Waals surface area contributed by atoms with Gasteiger partial charge in [0, 0.05) is 30.2 Å². The van der Waals surface area contributed by atoms with Crippen molar-refractivity contribution in [3.05, 3.63) is 59.4 Å². The number of carbonyl (C=O) groups excluding carboxylic acids is 1. The average molecular weight is 625 g/mol. The Labute approximate surface area is 267 Å². The molecule has 0 aliphatic carbocycles. The summed E-state index contributed by atoms with van der Waals surface area (Å²) in [7, 11) is 1.55. The second-order valence-corrected chi connectivity index (χ2v) is 13.0. The zero-order valence-corrected chi connectivity index (χ0v) is 27.8. The third-order valence-electron chi connectivity index (χ3n) is 9.13. The average Bonchev–Trinajstić information content (AvgIpc) is 3.59. The van der Waals surface area contributed by atoms with Crippen molar-refractivity contribution < 1.29 is 33.3 Å². The number of fused-ring (bicyclic) bond motifs is 1. The fourth-order valence-electron chi connectivity index (χ4n) is 7.16. The molecule has 2 heterocycles. The second kappa shape index (κ2) is 14.7. The van der Waals surface area contributed by atoms with Crippen molar-refractivity contribution in [2.75, 3.05) is 31.9 Å². The van der Waals surface area contributed by atoms with Gasteiger partial charge in [-0.1, -0.05) is 52.7 Å². The van der Waals surface area contributed by atoms with Gasteiger partial charge in [0.05, 0.1) is 19.6 Å². The van der Waals surface area contributed by atoms with Gasteiger partial charge in [0.2, 0.25) is 18.4 Å². The van der Waals surface area contributed by atoms with Crippen LogP contribution >= 0.6 is 0 Å². The molecule has 0 unspecified atom stereocenters. The number of allylic oxidation sites excluding steroid dienone is 2. The number of halogens is 1. The smallest absolute Gasteiger partial charge is 0.308 e. The van der Waals surface area contributed by atoms with E-state index in [9.17, 15) is 19.1 Å². The quantitative estimate of drug-likeness (QED) is 0.220. The number of nitrogens with zero attached hydrogens (tertiary/aromatic N) is 2. The molecule has 1 saturated heterocycles. The summed E-state index contributed by atoms with van der Waals surface area (Å²) in [5.41, 5.74) is 1.61. The molecule has 9 heteroatoms. The Hall–Kier alpha value is -3.59. The fourth-order valence-corrected chi connectivity index (χ4v) is 7.16. The molecule has 2 aromatic rings. The Morgan fingerprint density at radius 2 is 1.89 bits per heavy atom. The first-order valence-electron chi connectivity index (χ1n) is 16.1. The number of hydrogen-bond donors (Lipinski definition) is 1. The normalized spacial score (nSPS) is 19.9. The van der Waals surface area contributed by atoms with E-state index in [1.165, 1.54) is 6.07 Å². The van der Waals surface area contributed by atoms with Crippen LogP contribution in [0.3, 0.4) is 0 Å². The van der Waals surface area contributed by atoms with Gasteiger partial charge in [-0.25, -0.2) is 4.39 Å². The van der Waals surface area contributed by atoms with Gasteiger partial charge < -0.3 is 24.2 Å². The summed E-state index contributed by atoms with van der Waals surface area (Å²) in [5, 5.41) is 10.7. The van der Waals surface area contributed by atoms with Crippen LogP contribution in [-0.4, -0.2) is 61.0 Å². The molecule has 2 aliphatic rings. The number of methoxy groups -OCH3 is 1. The Morgan fingerprint density at radius 1 is 1.18 bits per heavy atom. The van der Waals surface area contributed by atoms with Crippen LogP contribution in [0.1, 0.15) is 83.8 Å². The van der Waals surface area contributed by atoms with Crippen LogP contribution in [0, 0.1) is 24.1 Å². The number of carbonyl (C=O) groups is 2. The molecular weight excluding hydrogens is 575 g/mol. The molecule has 3 atom stereocenters. The van der Waals surface area contributed by atoms with Gasteiger partial charge in [0.15, 0.2) is 11.5 Å². The molecule has 0 saturated carbocycles. The van der Waals surface area contributed by atoms with E-state index in [1.807, 2.05) is 34.9 Å². The van der Waals surface area contributed by atoms with E-state index in [0.29, 0.717) is 41.5 Å². The number of aryl methyl sites for hydroxylation is 1. The van der Waals surface area contributed by atoms with E-state index < -0.39 is 23.8 Å². The van der Waals surface area contributed by atoms with Crippen molar-refractivity contribution in [3.63, 3.8) is 0 Å². The fraction of sp³-hybridized carbons (Fsp3) is 0.556. The second-order valence-electron chi connectivity index (χ2n) is 13.0. The number of benzene rings is 2. The zero-order chi connectivity index (χ0) is 32.9. The molecule has 1 amide bonds. The lowest BCUT2D eigenvalue weighted by Crippen LogP contribution is -2.48. The van der Waals surface area contributed by atoms with Gasteiger partial charge in [-0.15, -0.1) is 0 Å². The molecular formula is C36H49FN2O6. The number of hydrogen-bond acceptors (Lipinski definition) is 6. The molecule has 8 nitrogen and oxygen atoms in total. The Bertz CT molecular complexity index is 1390. The highest BCUT2D eigenvalue weighted by atomic mass is 19.1. The molecule has 1 fully saturated rings. The summed E-state index contributed by atoms with van der Waals surface area (Å²) in [6.07, 6.45) is 8.04. The Morgan fingerprint density at radius 3 is 2.49 bits per heavy atom. The highest BCUT2D eigenvalue weighted by Gasteiger charge is 2.49. The van der Waals surface area contributed by atoms with Crippen molar-refractivity contribution >= 4 is 17.6 Å². The number of carboxylic acid groups (broad SMARTS) is 1. The van der Waals surface area contributed by atoms with E-state index in [0.717, 1.165) is 31.2 Å². The monoisotopic (exact) mass is 624 g/mol. The Kier molecular flexibility index (Phi) is 11.2. The molecule has 4 rings (SSSR count). The summed E-state index contributed by atoms with van der Waals surface area (Å²) >= 11 is 0. The summed E-state index contributed by atoms with van der Waals surface area (Å²) < 4.78 is 31.2. The van der Waals surface area contributed by atoms with E-state index in [1.54, 1.807) is 26.2 Å². The minimum Gasteiger partial charge on any atom is -0.493 e. The molecule has 2 aromatic carbocycles. The number of amides is 1. The van der Waals surface area contributed by atoms with Gasteiger partial charge in [-0.3, -0.25) is 14.5 Å². The number of anilines is 1. The first kappa shape index (κ1) is 34.3.